The number of aldehydes is 1. The first-order valence-corrected chi connectivity index (χ1v) is 18.9. The van der Waals surface area contributed by atoms with Gasteiger partial charge in [-0.3, -0.25) is 28.8 Å². The number of likely N-dealkylation sites (tertiary alicyclic amines) is 1. The normalized spacial score (nSPS) is 16.4. The number of aromatic nitrogens is 4. The lowest BCUT2D eigenvalue weighted by Crippen LogP contribution is -2.48. The van der Waals surface area contributed by atoms with Crippen molar-refractivity contribution in [1.29, 1.82) is 0 Å². The van der Waals surface area contributed by atoms with E-state index in [4.69, 9.17) is 5.10 Å². The van der Waals surface area contributed by atoms with E-state index in [2.05, 4.69) is 37.2 Å². The van der Waals surface area contributed by atoms with E-state index in [0.717, 1.165) is 42.1 Å². The van der Waals surface area contributed by atoms with Crippen LogP contribution in [0.25, 0.3) is 11.1 Å². The van der Waals surface area contributed by atoms with Crippen LogP contribution >= 0.6 is 0 Å². The number of amides is 4. The van der Waals surface area contributed by atoms with Gasteiger partial charge in [-0.15, -0.1) is 0 Å². The maximum absolute atomic E-state index is 14.8. The highest BCUT2D eigenvalue weighted by Gasteiger charge is 2.42. The number of halogens is 2. The summed E-state index contributed by atoms with van der Waals surface area (Å²) in [5.41, 5.74) is 3.47. The van der Waals surface area contributed by atoms with Gasteiger partial charge >= 0.3 is 0 Å². The van der Waals surface area contributed by atoms with Crippen LogP contribution in [0.1, 0.15) is 82.6 Å². The molecule has 2 aromatic heterocycles. The van der Waals surface area contributed by atoms with Gasteiger partial charge in [0.1, 0.15) is 12.3 Å². The van der Waals surface area contributed by atoms with Crippen molar-refractivity contribution in [2.24, 2.45) is 0 Å². The number of fused-ring (bicyclic) bond motifs is 2. The predicted octanol–water partition coefficient (Wildman–Crippen LogP) is 4.65. The number of hydrogen-bond acceptors (Lipinski definition) is 11. The molecule has 5 heterocycles. The van der Waals surface area contributed by atoms with Gasteiger partial charge in [0.2, 0.25) is 17.8 Å². The van der Waals surface area contributed by atoms with E-state index in [1.807, 2.05) is 4.90 Å². The first kappa shape index (κ1) is 39.1. The van der Waals surface area contributed by atoms with Crippen LogP contribution in [0, 0.1) is 0 Å². The highest BCUT2D eigenvalue weighted by atomic mass is 19.3. The van der Waals surface area contributed by atoms with Crippen LogP contribution in [-0.4, -0.2) is 111 Å². The van der Waals surface area contributed by atoms with Crippen LogP contribution in [-0.2, 0) is 27.3 Å². The summed E-state index contributed by atoms with van der Waals surface area (Å²) in [6.07, 6.45) is 3.17. The molecule has 15 nitrogen and oxygen atoms in total. The van der Waals surface area contributed by atoms with Crippen molar-refractivity contribution >= 4 is 53.1 Å². The van der Waals surface area contributed by atoms with Gasteiger partial charge in [0.25, 0.3) is 18.2 Å². The molecule has 4 aromatic rings. The molecule has 3 aliphatic rings. The van der Waals surface area contributed by atoms with Crippen molar-refractivity contribution in [2.45, 2.75) is 64.1 Å². The molecule has 1 fully saturated rings. The summed E-state index contributed by atoms with van der Waals surface area (Å²) in [4.78, 5) is 77.9. The summed E-state index contributed by atoms with van der Waals surface area (Å²) in [5.74, 6) is -1.16. The summed E-state index contributed by atoms with van der Waals surface area (Å²) in [5, 5.41) is 10.5. The zero-order valence-corrected chi connectivity index (χ0v) is 32.2. The van der Waals surface area contributed by atoms with E-state index in [1.165, 1.54) is 37.6 Å². The minimum atomic E-state index is -2.82. The second-order valence-corrected chi connectivity index (χ2v) is 14.6. The third-order valence-corrected chi connectivity index (χ3v) is 11.1. The van der Waals surface area contributed by atoms with E-state index >= 15 is 0 Å². The largest absolute Gasteiger partial charge is 0.357 e. The van der Waals surface area contributed by atoms with E-state index in [-0.39, 0.29) is 53.0 Å². The Bertz CT molecular complexity index is 2220. The number of likely N-dealkylation sites (N-methyl/N-ethyl adjacent to an activating group) is 1. The van der Waals surface area contributed by atoms with Crippen molar-refractivity contribution < 1.29 is 32.8 Å². The monoisotopic (exact) mass is 782 g/mol. The fourth-order valence-electron chi connectivity index (χ4n) is 7.88. The van der Waals surface area contributed by atoms with Gasteiger partial charge in [-0.05, 0) is 75.3 Å². The van der Waals surface area contributed by atoms with E-state index in [9.17, 15) is 32.8 Å². The van der Waals surface area contributed by atoms with Crippen LogP contribution in [0.15, 0.2) is 48.8 Å². The maximum Gasteiger partial charge on any atom is 0.264 e. The molecule has 57 heavy (non-hydrogen) atoms. The lowest BCUT2D eigenvalue weighted by atomic mass is 10.0. The zero-order valence-electron chi connectivity index (χ0n) is 32.2. The third kappa shape index (κ3) is 7.58. The molecule has 0 radical (unpaired) electrons. The van der Waals surface area contributed by atoms with Crippen LogP contribution in [0.4, 0.5) is 31.9 Å². The highest BCUT2D eigenvalue weighted by molar-refractivity contribution is 6.23. The Labute approximate surface area is 328 Å². The molecule has 298 valence electrons. The smallest absolute Gasteiger partial charge is 0.264 e. The van der Waals surface area contributed by atoms with Gasteiger partial charge in [-0.25, -0.2) is 18.7 Å². The molecule has 0 aliphatic carbocycles. The average Bonchev–Trinajstić information content (AvgIpc) is 3.71. The lowest BCUT2D eigenvalue weighted by molar-refractivity contribution is -0.129. The van der Waals surface area contributed by atoms with Crippen LogP contribution in [0.2, 0.25) is 0 Å². The highest BCUT2D eigenvalue weighted by Crippen LogP contribution is 2.39. The Balaban J connectivity index is 1.11. The second-order valence-electron chi connectivity index (χ2n) is 14.6. The summed E-state index contributed by atoms with van der Waals surface area (Å²) in [6, 6.07) is 8.32. The molecule has 2 aromatic carbocycles. The molecule has 0 saturated carbocycles. The minimum absolute atomic E-state index is 0.0135. The van der Waals surface area contributed by atoms with Gasteiger partial charge in [0, 0.05) is 86.6 Å². The maximum atomic E-state index is 14.8. The molecule has 1 atom stereocenters. The first-order valence-electron chi connectivity index (χ1n) is 18.9. The number of carbonyl (C=O) groups is 5. The van der Waals surface area contributed by atoms with Gasteiger partial charge in [0.15, 0.2) is 5.82 Å². The molecular weight excluding hydrogens is 739 g/mol. The Hall–Kier alpha value is -6.10. The van der Waals surface area contributed by atoms with Crippen molar-refractivity contribution in [3.63, 3.8) is 0 Å². The van der Waals surface area contributed by atoms with Gasteiger partial charge in [-0.2, -0.15) is 5.10 Å². The number of carbonyl (C=O) groups excluding carboxylic acids is 5. The van der Waals surface area contributed by atoms with Gasteiger partial charge < -0.3 is 30.1 Å². The SMILES string of the molecule is CNC(=O)C(CCC=O)N1C(=O)c2ccc(Nc3ncc(-c4ccc(N(C)c5nn(C6CCN(C)CC6)c6c5CN(C(C)=O)CC6)cc4C(F)F)cn3)cc2C1=O. The molecule has 1 unspecified atom stereocenters. The van der Waals surface area contributed by atoms with Crippen molar-refractivity contribution in [1.82, 2.24) is 39.8 Å². The molecule has 4 amide bonds. The summed E-state index contributed by atoms with van der Waals surface area (Å²) in [6.45, 7) is 4.45. The van der Waals surface area contributed by atoms with Crippen LogP contribution in [0.5, 0.6) is 0 Å². The molecule has 0 bridgehead atoms. The number of nitrogens with one attached hydrogen (secondary N) is 2. The standard InChI is InChI=1S/C40H44F2N10O5/c1-23(54)50-16-13-33-32(22-50)36(47-52(33)26-11-14-48(3)15-12-26)49(4)27-8-10-28(30(19-27)35(41)42)24-20-44-40(45-21-24)46-25-7-9-29-31(18-25)39(57)51(38(29)56)34(6-5-17-53)37(55)43-2/h7-10,17-21,26,34-35H,5-6,11-16,22H2,1-4H3,(H,43,55)(H,44,45,46). The summed E-state index contributed by atoms with van der Waals surface area (Å²) >= 11 is 0. The number of rotatable bonds is 12. The number of imide groups is 1. The molecule has 2 N–H and O–H groups in total. The lowest BCUT2D eigenvalue weighted by Gasteiger charge is -2.32. The molecule has 7 rings (SSSR count). The Morgan fingerprint density at radius 2 is 1.70 bits per heavy atom. The van der Waals surface area contributed by atoms with Crippen LogP contribution < -0.4 is 15.5 Å². The Kier molecular flexibility index (Phi) is 11.1. The fourth-order valence-corrected chi connectivity index (χ4v) is 7.88. The summed E-state index contributed by atoms with van der Waals surface area (Å²) < 4.78 is 31.6. The number of nitrogens with zero attached hydrogens (tertiary/aromatic N) is 8. The molecular formula is C40H44F2N10O5. The average molecular weight is 783 g/mol. The number of piperidine rings is 1. The topological polar surface area (TPSA) is 166 Å². The fraction of sp³-hybridized carbons (Fsp3) is 0.400. The van der Waals surface area contributed by atoms with Gasteiger partial charge in [0.05, 0.1) is 23.7 Å². The quantitative estimate of drug-likeness (QED) is 0.152. The Morgan fingerprint density at radius 1 is 1.00 bits per heavy atom. The number of hydrogen-bond donors (Lipinski definition) is 2. The van der Waals surface area contributed by atoms with Crippen molar-refractivity contribution in [3.8, 4) is 11.1 Å². The number of benzene rings is 2. The van der Waals surface area contributed by atoms with Crippen molar-refractivity contribution in [3.05, 3.63) is 76.7 Å². The Morgan fingerprint density at radius 3 is 2.37 bits per heavy atom. The summed E-state index contributed by atoms with van der Waals surface area (Å²) in [7, 11) is 5.29. The molecule has 0 spiro atoms. The number of anilines is 4. The zero-order chi connectivity index (χ0) is 40.5. The number of alkyl halides is 2. The van der Waals surface area contributed by atoms with Crippen molar-refractivity contribution in [2.75, 3.05) is 51.0 Å². The van der Waals surface area contributed by atoms with E-state index in [1.54, 1.807) is 37.1 Å². The first-order chi connectivity index (χ1) is 27.4. The third-order valence-electron chi connectivity index (χ3n) is 11.1. The predicted molar refractivity (Wildman–Crippen MR) is 207 cm³/mol. The van der Waals surface area contributed by atoms with E-state index in [0.29, 0.717) is 48.6 Å². The second kappa shape index (κ2) is 16.2. The van der Waals surface area contributed by atoms with E-state index < -0.39 is 30.2 Å². The van der Waals surface area contributed by atoms with Crippen LogP contribution in [0.3, 0.4) is 0 Å². The molecule has 3 aliphatic heterocycles. The van der Waals surface area contributed by atoms with Gasteiger partial charge in [-0.1, -0.05) is 6.07 Å². The molecule has 1 saturated heterocycles. The minimum Gasteiger partial charge on any atom is -0.357 e. The molecule has 17 heteroatoms.